The molecule has 116 valence electrons. The summed E-state index contributed by atoms with van der Waals surface area (Å²) < 4.78 is 23.9. The van der Waals surface area contributed by atoms with E-state index in [-0.39, 0.29) is 11.8 Å². The van der Waals surface area contributed by atoms with Crippen LogP contribution in [0.2, 0.25) is 0 Å². The SMILES string of the molecule is COc1nnc(NC(=O)N[C@H]2CCOc3c(F)cccc32)s1. The van der Waals surface area contributed by atoms with Crippen LogP contribution in [-0.4, -0.2) is 29.9 Å². The van der Waals surface area contributed by atoms with Crippen molar-refractivity contribution >= 4 is 22.5 Å². The van der Waals surface area contributed by atoms with E-state index < -0.39 is 11.8 Å². The molecular formula is C13H13FN4O3S. The minimum absolute atomic E-state index is 0.191. The molecule has 1 atom stereocenters. The standard InChI is InChI=1S/C13H13FN4O3S/c1-20-13-18-17-12(22-13)16-11(19)15-9-5-6-21-10-7(9)3-2-4-8(10)14/h2-4,9H,5-6H2,1H3,(H2,15,16,17,19)/t9-/m0/s1. The van der Waals surface area contributed by atoms with Gasteiger partial charge in [0.15, 0.2) is 11.6 Å². The number of ether oxygens (including phenoxy) is 2. The fraction of sp³-hybridized carbons (Fsp3) is 0.308. The number of fused-ring (bicyclic) bond motifs is 1. The first-order chi connectivity index (χ1) is 10.7. The summed E-state index contributed by atoms with van der Waals surface area (Å²) in [4.78, 5) is 12.0. The number of anilines is 1. The van der Waals surface area contributed by atoms with Crippen molar-refractivity contribution in [2.45, 2.75) is 12.5 Å². The summed E-state index contributed by atoms with van der Waals surface area (Å²) in [5.74, 6) is -0.241. The maximum absolute atomic E-state index is 13.7. The van der Waals surface area contributed by atoms with Crippen molar-refractivity contribution in [3.63, 3.8) is 0 Å². The number of urea groups is 1. The highest BCUT2D eigenvalue weighted by atomic mass is 32.1. The summed E-state index contributed by atoms with van der Waals surface area (Å²) >= 11 is 1.11. The number of carbonyl (C=O) groups is 1. The second-order valence-electron chi connectivity index (χ2n) is 4.52. The smallest absolute Gasteiger partial charge is 0.321 e. The lowest BCUT2D eigenvalue weighted by molar-refractivity contribution is 0.227. The van der Waals surface area contributed by atoms with E-state index in [2.05, 4.69) is 20.8 Å². The highest BCUT2D eigenvalue weighted by Crippen LogP contribution is 2.34. The van der Waals surface area contributed by atoms with Crippen LogP contribution >= 0.6 is 11.3 Å². The molecule has 2 N–H and O–H groups in total. The molecule has 0 radical (unpaired) electrons. The minimum atomic E-state index is -0.444. The fourth-order valence-electron chi connectivity index (χ4n) is 2.17. The maximum atomic E-state index is 13.7. The van der Waals surface area contributed by atoms with Crippen LogP contribution in [-0.2, 0) is 0 Å². The van der Waals surface area contributed by atoms with Gasteiger partial charge in [0, 0.05) is 12.0 Å². The Morgan fingerprint density at radius 2 is 2.36 bits per heavy atom. The fourth-order valence-corrected chi connectivity index (χ4v) is 2.73. The molecule has 0 aliphatic carbocycles. The van der Waals surface area contributed by atoms with Gasteiger partial charge in [-0.3, -0.25) is 5.32 Å². The number of amides is 2. The number of hydrogen-bond acceptors (Lipinski definition) is 6. The van der Waals surface area contributed by atoms with Crippen molar-refractivity contribution in [3.8, 4) is 10.9 Å². The van der Waals surface area contributed by atoms with Gasteiger partial charge in [0.1, 0.15) is 0 Å². The summed E-state index contributed by atoms with van der Waals surface area (Å²) in [6.45, 7) is 0.339. The number of rotatable bonds is 3. The van der Waals surface area contributed by atoms with Crippen molar-refractivity contribution in [3.05, 3.63) is 29.6 Å². The first kappa shape index (κ1) is 14.5. The highest BCUT2D eigenvalue weighted by molar-refractivity contribution is 7.17. The van der Waals surface area contributed by atoms with Crippen LogP contribution in [0.15, 0.2) is 18.2 Å². The normalized spacial score (nSPS) is 16.4. The third-order valence-corrected chi connectivity index (χ3v) is 3.93. The van der Waals surface area contributed by atoms with Crippen LogP contribution in [0.5, 0.6) is 10.9 Å². The van der Waals surface area contributed by atoms with E-state index in [4.69, 9.17) is 9.47 Å². The number of carbonyl (C=O) groups excluding carboxylic acids is 1. The second-order valence-corrected chi connectivity index (χ2v) is 5.46. The van der Waals surface area contributed by atoms with Gasteiger partial charge in [-0.15, -0.1) is 5.10 Å². The Morgan fingerprint density at radius 1 is 1.50 bits per heavy atom. The average molecular weight is 324 g/mol. The van der Waals surface area contributed by atoms with Crippen molar-refractivity contribution in [1.82, 2.24) is 15.5 Å². The van der Waals surface area contributed by atoms with E-state index >= 15 is 0 Å². The summed E-state index contributed by atoms with van der Waals surface area (Å²) in [5.41, 5.74) is 0.622. The molecule has 0 spiro atoms. The molecule has 0 fully saturated rings. The molecule has 3 rings (SSSR count). The largest absolute Gasteiger partial charge is 0.490 e. The molecule has 2 aromatic rings. The molecule has 1 aromatic carbocycles. The van der Waals surface area contributed by atoms with Crippen molar-refractivity contribution < 1.29 is 18.7 Å². The van der Waals surface area contributed by atoms with Crippen LogP contribution in [0.4, 0.5) is 14.3 Å². The predicted octanol–water partition coefficient (Wildman–Crippen LogP) is 2.33. The summed E-state index contributed by atoms with van der Waals surface area (Å²) in [6, 6.07) is 3.88. The van der Waals surface area contributed by atoms with Crippen LogP contribution in [0.3, 0.4) is 0 Å². The van der Waals surface area contributed by atoms with Gasteiger partial charge in [0.25, 0.3) is 5.19 Å². The van der Waals surface area contributed by atoms with E-state index in [9.17, 15) is 9.18 Å². The Bertz CT molecular complexity index is 694. The second kappa shape index (κ2) is 6.14. The Kier molecular flexibility index (Phi) is 4.05. The monoisotopic (exact) mass is 324 g/mol. The molecular weight excluding hydrogens is 311 g/mol. The van der Waals surface area contributed by atoms with Gasteiger partial charge in [-0.2, -0.15) is 0 Å². The molecule has 2 heterocycles. The molecule has 9 heteroatoms. The summed E-state index contributed by atoms with van der Waals surface area (Å²) in [7, 11) is 1.47. The summed E-state index contributed by atoms with van der Waals surface area (Å²) in [5, 5.41) is 13.5. The lowest BCUT2D eigenvalue weighted by Crippen LogP contribution is -2.35. The topological polar surface area (TPSA) is 85.4 Å². The zero-order valence-corrected chi connectivity index (χ0v) is 12.4. The van der Waals surface area contributed by atoms with Crippen LogP contribution in [0, 0.1) is 5.82 Å². The van der Waals surface area contributed by atoms with Crippen molar-refractivity contribution in [1.29, 1.82) is 0 Å². The lowest BCUT2D eigenvalue weighted by atomic mass is 10.0. The molecule has 1 aromatic heterocycles. The lowest BCUT2D eigenvalue weighted by Gasteiger charge is -2.26. The molecule has 7 nitrogen and oxygen atoms in total. The van der Waals surface area contributed by atoms with Gasteiger partial charge in [-0.1, -0.05) is 17.2 Å². The maximum Gasteiger partial charge on any atom is 0.321 e. The number of nitrogens with one attached hydrogen (secondary N) is 2. The van der Waals surface area contributed by atoms with Crippen molar-refractivity contribution in [2.75, 3.05) is 19.0 Å². The van der Waals surface area contributed by atoms with Crippen molar-refractivity contribution in [2.24, 2.45) is 0 Å². The molecule has 0 unspecified atom stereocenters. The third kappa shape index (κ3) is 2.93. The number of benzene rings is 1. The van der Waals surface area contributed by atoms with E-state index in [1.807, 2.05) is 0 Å². The van der Waals surface area contributed by atoms with Crippen LogP contribution in [0.1, 0.15) is 18.0 Å². The first-order valence-electron chi connectivity index (χ1n) is 6.53. The number of halogens is 1. The van der Waals surface area contributed by atoms with Gasteiger partial charge >= 0.3 is 6.03 Å². The van der Waals surface area contributed by atoms with Gasteiger partial charge < -0.3 is 14.8 Å². The summed E-state index contributed by atoms with van der Waals surface area (Å²) in [6.07, 6.45) is 0.559. The predicted molar refractivity (Wildman–Crippen MR) is 77.9 cm³/mol. The quantitative estimate of drug-likeness (QED) is 0.905. The third-order valence-electron chi connectivity index (χ3n) is 3.13. The molecule has 1 aliphatic rings. The number of hydrogen-bond donors (Lipinski definition) is 2. The molecule has 0 saturated carbocycles. The van der Waals surface area contributed by atoms with Gasteiger partial charge in [0.2, 0.25) is 5.13 Å². The van der Waals surface area contributed by atoms with E-state index in [0.717, 1.165) is 11.3 Å². The Morgan fingerprint density at radius 3 is 3.14 bits per heavy atom. The van der Waals surface area contributed by atoms with Crippen LogP contribution in [0.25, 0.3) is 0 Å². The van der Waals surface area contributed by atoms with Crippen LogP contribution < -0.4 is 20.1 Å². The number of aromatic nitrogens is 2. The Hall–Kier alpha value is -2.42. The zero-order valence-electron chi connectivity index (χ0n) is 11.6. The van der Waals surface area contributed by atoms with Gasteiger partial charge in [0.05, 0.1) is 19.8 Å². The number of nitrogens with zero attached hydrogens (tertiary/aromatic N) is 2. The zero-order chi connectivity index (χ0) is 15.5. The number of methoxy groups -OCH3 is 1. The van der Waals surface area contributed by atoms with E-state index in [1.165, 1.54) is 13.2 Å². The van der Waals surface area contributed by atoms with E-state index in [0.29, 0.717) is 28.9 Å². The minimum Gasteiger partial charge on any atom is -0.490 e. The van der Waals surface area contributed by atoms with Gasteiger partial charge in [-0.05, 0) is 17.4 Å². The molecule has 22 heavy (non-hydrogen) atoms. The average Bonchev–Trinajstić information content (AvgIpc) is 2.96. The first-order valence-corrected chi connectivity index (χ1v) is 7.35. The van der Waals surface area contributed by atoms with E-state index in [1.54, 1.807) is 12.1 Å². The number of para-hydroxylation sites is 1. The molecule has 0 bridgehead atoms. The van der Waals surface area contributed by atoms with Gasteiger partial charge in [-0.25, -0.2) is 9.18 Å². The Balaban J connectivity index is 1.69. The molecule has 1 aliphatic heterocycles. The molecule has 0 saturated heterocycles. The Labute approximate surface area is 129 Å². The highest BCUT2D eigenvalue weighted by Gasteiger charge is 2.25. The molecule has 2 amide bonds.